The summed E-state index contributed by atoms with van der Waals surface area (Å²) in [5.41, 5.74) is 4.54. The Labute approximate surface area is 186 Å². The van der Waals surface area contributed by atoms with Gasteiger partial charge in [-0.1, -0.05) is 43.7 Å². The maximum atomic E-state index is 12.4. The highest BCUT2D eigenvalue weighted by Crippen LogP contribution is 2.28. The minimum Gasteiger partial charge on any atom is -0.378 e. The number of methoxy groups -OCH3 is 1. The van der Waals surface area contributed by atoms with E-state index < -0.39 is 0 Å². The summed E-state index contributed by atoms with van der Waals surface area (Å²) in [6.45, 7) is 9.66. The zero-order valence-corrected chi connectivity index (χ0v) is 19.7. The van der Waals surface area contributed by atoms with Crippen molar-refractivity contribution in [2.24, 2.45) is 0 Å². The van der Waals surface area contributed by atoms with Gasteiger partial charge in [-0.05, 0) is 12.5 Å². The number of amides is 2. The number of urea groups is 1. The monoisotopic (exact) mass is 425 g/mol. The zero-order chi connectivity index (χ0) is 22.5. The molecule has 0 radical (unpaired) electrons. The van der Waals surface area contributed by atoms with Gasteiger partial charge in [0.2, 0.25) is 0 Å². The summed E-state index contributed by atoms with van der Waals surface area (Å²) < 4.78 is 5.51. The third-order valence-corrected chi connectivity index (χ3v) is 5.58. The van der Waals surface area contributed by atoms with E-state index in [0.717, 1.165) is 42.4 Å². The lowest BCUT2D eigenvalue weighted by Crippen LogP contribution is -2.52. The first-order chi connectivity index (χ1) is 14.8. The predicted octanol–water partition coefficient (Wildman–Crippen LogP) is 3.45. The first-order valence-electron chi connectivity index (χ1n) is 11.0. The number of hydrogen-bond acceptors (Lipinski definition) is 5. The average molecular weight is 426 g/mol. The summed E-state index contributed by atoms with van der Waals surface area (Å²) in [5.74, 6) is 2.03. The average Bonchev–Trinajstić information content (AvgIpc) is 2.74. The molecule has 1 aromatic heterocycles. The third kappa shape index (κ3) is 5.53. The molecule has 0 unspecified atom stereocenters. The fourth-order valence-electron chi connectivity index (χ4n) is 3.91. The minimum absolute atomic E-state index is 0.0604. The van der Waals surface area contributed by atoms with Gasteiger partial charge in [0.15, 0.2) is 0 Å². The summed E-state index contributed by atoms with van der Waals surface area (Å²) in [5, 5.41) is 0. The molecule has 168 valence electrons. The molecule has 3 rings (SSSR count). The third-order valence-electron chi connectivity index (χ3n) is 5.58. The number of carbonyl (C=O) groups excluding carboxylic acids is 1. The largest absolute Gasteiger partial charge is 0.378 e. The fraction of sp³-hybridized carbons (Fsp3) is 0.542. The summed E-state index contributed by atoms with van der Waals surface area (Å²) in [6, 6.07) is 8.63. The lowest BCUT2D eigenvalue weighted by atomic mass is 10.0. The molecule has 0 atom stereocenters. The smallest absolute Gasteiger partial charge is 0.319 e. The first-order valence-corrected chi connectivity index (χ1v) is 11.0. The summed E-state index contributed by atoms with van der Waals surface area (Å²) >= 11 is 0. The number of rotatable bonds is 6. The lowest BCUT2D eigenvalue weighted by molar-refractivity contribution is 0.167. The van der Waals surface area contributed by atoms with E-state index in [9.17, 15) is 4.79 Å². The van der Waals surface area contributed by atoms with Crippen molar-refractivity contribution in [3.05, 3.63) is 52.5 Å². The second-order valence-electron chi connectivity index (χ2n) is 8.74. The highest BCUT2D eigenvalue weighted by Gasteiger charge is 2.26. The SMILES string of the molecule is COCc1nc(C(C)C)nc(N2CCN(C(=O)N(C)C)CC2)c1Cc1cccc(C)c1. The molecule has 0 aliphatic carbocycles. The van der Waals surface area contributed by atoms with Crippen LogP contribution >= 0.6 is 0 Å². The molecule has 0 spiro atoms. The van der Waals surface area contributed by atoms with Crippen LogP contribution in [0.4, 0.5) is 10.6 Å². The number of aryl methyl sites for hydroxylation is 1. The fourth-order valence-corrected chi connectivity index (χ4v) is 3.91. The zero-order valence-electron chi connectivity index (χ0n) is 19.7. The molecule has 31 heavy (non-hydrogen) atoms. The van der Waals surface area contributed by atoms with Crippen LogP contribution in [0.2, 0.25) is 0 Å². The van der Waals surface area contributed by atoms with E-state index in [0.29, 0.717) is 19.7 Å². The highest BCUT2D eigenvalue weighted by atomic mass is 16.5. The van der Waals surface area contributed by atoms with Crippen molar-refractivity contribution >= 4 is 11.8 Å². The second-order valence-corrected chi connectivity index (χ2v) is 8.74. The number of hydrogen-bond donors (Lipinski definition) is 0. The lowest BCUT2D eigenvalue weighted by Gasteiger charge is -2.37. The number of aromatic nitrogens is 2. The van der Waals surface area contributed by atoms with Gasteiger partial charge >= 0.3 is 6.03 Å². The Kier molecular flexibility index (Phi) is 7.49. The van der Waals surface area contributed by atoms with Crippen LogP contribution in [0, 0.1) is 6.92 Å². The normalized spacial score (nSPS) is 14.3. The van der Waals surface area contributed by atoms with Crippen LogP contribution in [-0.4, -0.2) is 73.2 Å². The van der Waals surface area contributed by atoms with E-state index in [4.69, 9.17) is 14.7 Å². The molecule has 1 fully saturated rings. The molecular weight excluding hydrogens is 390 g/mol. The number of piperazine rings is 1. The number of carbonyl (C=O) groups is 1. The van der Waals surface area contributed by atoms with Crippen LogP contribution in [0.1, 0.15) is 48.0 Å². The molecule has 1 aliphatic heterocycles. The Balaban J connectivity index is 1.97. The van der Waals surface area contributed by atoms with Crippen molar-refractivity contribution in [2.45, 2.75) is 39.7 Å². The maximum absolute atomic E-state index is 12.4. The Morgan fingerprint density at radius 1 is 1.16 bits per heavy atom. The van der Waals surface area contributed by atoms with Crippen molar-refractivity contribution in [1.82, 2.24) is 19.8 Å². The van der Waals surface area contributed by atoms with Crippen LogP contribution in [0.3, 0.4) is 0 Å². The van der Waals surface area contributed by atoms with Gasteiger partial charge in [-0.25, -0.2) is 14.8 Å². The molecule has 1 saturated heterocycles. The first kappa shape index (κ1) is 23.0. The van der Waals surface area contributed by atoms with Gasteiger partial charge in [-0.15, -0.1) is 0 Å². The van der Waals surface area contributed by atoms with Crippen molar-refractivity contribution in [2.75, 3.05) is 52.3 Å². The number of anilines is 1. The van der Waals surface area contributed by atoms with Gasteiger partial charge in [0.25, 0.3) is 0 Å². The highest BCUT2D eigenvalue weighted by molar-refractivity contribution is 5.74. The maximum Gasteiger partial charge on any atom is 0.319 e. The van der Waals surface area contributed by atoms with Crippen molar-refractivity contribution in [3.8, 4) is 0 Å². The minimum atomic E-state index is 0.0604. The van der Waals surface area contributed by atoms with Crippen LogP contribution in [0.15, 0.2) is 24.3 Å². The molecule has 1 aliphatic rings. The number of ether oxygens (including phenoxy) is 1. The van der Waals surface area contributed by atoms with Crippen molar-refractivity contribution in [3.63, 3.8) is 0 Å². The molecule has 7 nitrogen and oxygen atoms in total. The summed E-state index contributed by atoms with van der Waals surface area (Å²) in [7, 11) is 5.30. The molecule has 2 aromatic rings. The van der Waals surface area contributed by atoms with Gasteiger partial charge in [0, 0.05) is 65.3 Å². The van der Waals surface area contributed by atoms with Gasteiger partial charge in [-0.2, -0.15) is 0 Å². The molecular formula is C24H35N5O2. The Hall–Kier alpha value is -2.67. The van der Waals surface area contributed by atoms with Crippen LogP contribution in [0.5, 0.6) is 0 Å². The molecule has 2 heterocycles. The Morgan fingerprint density at radius 3 is 2.45 bits per heavy atom. The molecule has 7 heteroatoms. The summed E-state index contributed by atoms with van der Waals surface area (Å²) in [6.07, 6.45) is 0.755. The quantitative estimate of drug-likeness (QED) is 0.709. The predicted molar refractivity (Wildman–Crippen MR) is 124 cm³/mol. The van der Waals surface area contributed by atoms with Crippen molar-refractivity contribution in [1.29, 1.82) is 0 Å². The molecule has 0 saturated carbocycles. The van der Waals surface area contributed by atoms with E-state index in [1.165, 1.54) is 11.1 Å². The summed E-state index contributed by atoms with van der Waals surface area (Å²) in [4.78, 5) is 28.1. The van der Waals surface area contributed by atoms with Crippen LogP contribution in [-0.2, 0) is 17.8 Å². The molecule has 2 amide bonds. The van der Waals surface area contributed by atoms with E-state index in [1.54, 1.807) is 26.1 Å². The topological polar surface area (TPSA) is 61.8 Å². The van der Waals surface area contributed by atoms with Gasteiger partial charge in [0.1, 0.15) is 11.6 Å². The van der Waals surface area contributed by atoms with E-state index >= 15 is 0 Å². The molecule has 0 N–H and O–H groups in total. The Bertz CT molecular complexity index is 905. The van der Waals surface area contributed by atoms with Gasteiger partial charge < -0.3 is 19.4 Å². The number of benzene rings is 1. The number of nitrogens with zero attached hydrogens (tertiary/aromatic N) is 5. The van der Waals surface area contributed by atoms with Gasteiger partial charge in [0.05, 0.1) is 12.3 Å². The van der Waals surface area contributed by atoms with Crippen molar-refractivity contribution < 1.29 is 9.53 Å². The van der Waals surface area contributed by atoms with E-state index in [-0.39, 0.29) is 11.9 Å². The van der Waals surface area contributed by atoms with Gasteiger partial charge in [-0.3, -0.25) is 0 Å². The molecule has 0 bridgehead atoms. The van der Waals surface area contributed by atoms with Crippen LogP contribution < -0.4 is 4.90 Å². The standard InChI is InChI=1S/C24H35N5O2/c1-17(2)22-25-21(16-31-6)20(15-19-9-7-8-18(3)14-19)23(26-22)28-10-12-29(13-11-28)24(30)27(4)5/h7-9,14,17H,10-13,15-16H2,1-6H3. The second kappa shape index (κ2) is 10.1. The Morgan fingerprint density at radius 2 is 1.87 bits per heavy atom. The molecule has 1 aromatic carbocycles. The van der Waals surface area contributed by atoms with E-state index in [2.05, 4.69) is 49.9 Å². The van der Waals surface area contributed by atoms with E-state index in [1.807, 2.05) is 4.90 Å². The van der Waals surface area contributed by atoms with Crippen LogP contribution in [0.25, 0.3) is 0 Å².